The maximum Gasteiger partial charge on any atom is 0.220 e. The fourth-order valence-corrected chi connectivity index (χ4v) is 3.83. The molecule has 29 heavy (non-hydrogen) atoms. The van der Waals surface area contributed by atoms with Crippen molar-refractivity contribution in [3.63, 3.8) is 0 Å². The van der Waals surface area contributed by atoms with Crippen LogP contribution in [0.25, 0.3) is 0 Å². The van der Waals surface area contributed by atoms with Crippen molar-refractivity contribution in [1.82, 2.24) is 10.2 Å². The van der Waals surface area contributed by atoms with Gasteiger partial charge in [0, 0.05) is 26.1 Å². The molecule has 1 saturated heterocycles. The molecule has 1 fully saturated rings. The summed E-state index contributed by atoms with van der Waals surface area (Å²) in [6.45, 7) is 8.24. The van der Waals surface area contributed by atoms with E-state index in [0.717, 1.165) is 45.6 Å². The van der Waals surface area contributed by atoms with E-state index >= 15 is 0 Å². The van der Waals surface area contributed by atoms with Gasteiger partial charge in [-0.2, -0.15) is 0 Å². The molecule has 0 radical (unpaired) electrons. The molecule has 0 spiro atoms. The number of nitrogens with one attached hydrogen (secondary N) is 1. The van der Waals surface area contributed by atoms with E-state index in [4.69, 9.17) is 4.74 Å². The molecule has 1 heterocycles. The number of carbonyl (C=O) groups is 1. The molecule has 1 aliphatic rings. The molecule has 2 aromatic rings. The summed E-state index contributed by atoms with van der Waals surface area (Å²) in [6, 6.07) is 17.6. The molecule has 4 heteroatoms. The first-order chi connectivity index (χ1) is 14.2. The average molecular weight is 395 g/mol. The maximum absolute atomic E-state index is 12.5. The molecular weight excluding hydrogens is 360 g/mol. The lowest BCUT2D eigenvalue weighted by molar-refractivity contribution is -0.121. The van der Waals surface area contributed by atoms with Crippen molar-refractivity contribution in [3.05, 3.63) is 70.8 Å². The molecule has 1 amide bonds. The van der Waals surface area contributed by atoms with Gasteiger partial charge in [-0.05, 0) is 42.9 Å². The minimum absolute atomic E-state index is 0.139. The standard InChI is InChI=1S/C25H34N2O2/c1-3-21-11-13-23(14-12-21)24(27-15-17-29-18-16-27)19-26-25(28)6-4-5-22-9-7-20(2)8-10-22/h7-14,24H,3-6,15-19H2,1-2H3,(H,26,28). The molecule has 1 aliphatic heterocycles. The van der Waals surface area contributed by atoms with Gasteiger partial charge in [0.15, 0.2) is 0 Å². The zero-order valence-corrected chi connectivity index (χ0v) is 17.8. The van der Waals surface area contributed by atoms with Crippen molar-refractivity contribution < 1.29 is 9.53 Å². The van der Waals surface area contributed by atoms with Crippen LogP contribution in [0.3, 0.4) is 0 Å². The fourth-order valence-electron chi connectivity index (χ4n) is 3.83. The molecule has 0 saturated carbocycles. The van der Waals surface area contributed by atoms with E-state index in [1.807, 2.05) is 0 Å². The molecule has 1 atom stereocenters. The van der Waals surface area contributed by atoms with Crippen LogP contribution in [0.4, 0.5) is 0 Å². The zero-order valence-electron chi connectivity index (χ0n) is 17.8. The molecule has 1 N–H and O–H groups in total. The van der Waals surface area contributed by atoms with Crippen LogP contribution in [0.1, 0.15) is 48.1 Å². The Morgan fingerprint density at radius 2 is 1.69 bits per heavy atom. The molecule has 0 bridgehead atoms. The third-order valence-electron chi connectivity index (χ3n) is 5.74. The molecule has 4 nitrogen and oxygen atoms in total. The van der Waals surface area contributed by atoms with Crippen molar-refractivity contribution >= 4 is 5.91 Å². The van der Waals surface area contributed by atoms with Gasteiger partial charge in [-0.15, -0.1) is 0 Å². The topological polar surface area (TPSA) is 41.6 Å². The van der Waals surface area contributed by atoms with Crippen LogP contribution in [0.2, 0.25) is 0 Å². The normalized spacial score (nSPS) is 15.8. The lowest BCUT2D eigenvalue weighted by Gasteiger charge is -2.35. The van der Waals surface area contributed by atoms with Crippen LogP contribution in [0.15, 0.2) is 48.5 Å². The summed E-state index contributed by atoms with van der Waals surface area (Å²) in [4.78, 5) is 14.9. The number of benzene rings is 2. The van der Waals surface area contributed by atoms with Crippen molar-refractivity contribution in [2.24, 2.45) is 0 Å². The van der Waals surface area contributed by atoms with E-state index in [1.165, 1.54) is 22.3 Å². The lowest BCUT2D eigenvalue weighted by Crippen LogP contribution is -2.43. The number of morpholine rings is 1. The highest BCUT2D eigenvalue weighted by atomic mass is 16.5. The van der Waals surface area contributed by atoms with Crippen LogP contribution in [0.5, 0.6) is 0 Å². The van der Waals surface area contributed by atoms with Crippen molar-refractivity contribution in [1.29, 1.82) is 0 Å². The molecule has 1 unspecified atom stereocenters. The van der Waals surface area contributed by atoms with Gasteiger partial charge in [-0.3, -0.25) is 9.69 Å². The second-order valence-electron chi connectivity index (χ2n) is 7.90. The van der Waals surface area contributed by atoms with Crippen molar-refractivity contribution in [2.75, 3.05) is 32.8 Å². The zero-order chi connectivity index (χ0) is 20.5. The second-order valence-corrected chi connectivity index (χ2v) is 7.90. The Labute approximate surface area is 175 Å². The van der Waals surface area contributed by atoms with Crippen LogP contribution in [-0.4, -0.2) is 43.7 Å². The second kappa shape index (κ2) is 11.1. The number of hydrogen-bond acceptors (Lipinski definition) is 3. The van der Waals surface area contributed by atoms with Crippen molar-refractivity contribution in [3.8, 4) is 0 Å². The summed E-state index contributed by atoms with van der Waals surface area (Å²) in [5, 5.41) is 3.18. The molecular formula is C25H34N2O2. The largest absolute Gasteiger partial charge is 0.379 e. The summed E-state index contributed by atoms with van der Waals surface area (Å²) in [7, 11) is 0. The molecule has 0 aromatic heterocycles. The average Bonchev–Trinajstić information content (AvgIpc) is 2.76. The highest BCUT2D eigenvalue weighted by Gasteiger charge is 2.23. The van der Waals surface area contributed by atoms with Gasteiger partial charge < -0.3 is 10.1 Å². The van der Waals surface area contributed by atoms with E-state index in [2.05, 4.69) is 72.6 Å². The molecule has 3 rings (SSSR count). The van der Waals surface area contributed by atoms with Gasteiger partial charge in [0.05, 0.1) is 19.3 Å². The Morgan fingerprint density at radius 3 is 2.34 bits per heavy atom. The number of aryl methyl sites for hydroxylation is 3. The number of rotatable bonds is 9. The summed E-state index contributed by atoms with van der Waals surface area (Å²) < 4.78 is 5.52. The smallest absolute Gasteiger partial charge is 0.220 e. The summed E-state index contributed by atoms with van der Waals surface area (Å²) in [6.07, 6.45) is 3.43. The Balaban J connectivity index is 1.52. The van der Waals surface area contributed by atoms with Gasteiger partial charge >= 0.3 is 0 Å². The predicted molar refractivity (Wildman–Crippen MR) is 118 cm³/mol. The van der Waals surface area contributed by atoms with Gasteiger partial charge in [0.2, 0.25) is 5.91 Å². The number of hydrogen-bond donors (Lipinski definition) is 1. The number of carbonyl (C=O) groups excluding carboxylic acids is 1. The molecule has 0 aliphatic carbocycles. The van der Waals surface area contributed by atoms with Crippen LogP contribution >= 0.6 is 0 Å². The fraction of sp³-hybridized carbons (Fsp3) is 0.480. The first-order valence-corrected chi connectivity index (χ1v) is 10.9. The van der Waals surface area contributed by atoms with E-state index < -0.39 is 0 Å². The SMILES string of the molecule is CCc1ccc(C(CNC(=O)CCCc2ccc(C)cc2)N2CCOCC2)cc1. The van der Waals surface area contributed by atoms with Crippen LogP contribution < -0.4 is 5.32 Å². The highest BCUT2D eigenvalue weighted by molar-refractivity contribution is 5.75. The van der Waals surface area contributed by atoms with Crippen LogP contribution in [-0.2, 0) is 22.4 Å². The first kappa shape index (κ1) is 21.5. The molecule has 2 aromatic carbocycles. The minimum Gasteiger partial charge on any atom is -0.379 e. The quantitative estimate of drug-likeness (QED) is 0.697. The molecule has 156 valence electrons. The summed E-state index contributed by atoms with van der Waals surface area (Å²) in [5.74, 6) is 0.139. The number of amides is 1. The Bertz CT molecular complexity index is 749. The van der Waals surface area contributed by atoms with Crippen molar-refractivity contribution in [2.45, 2.75) is 45.6 Å². The van der Waals surface area contributed by atoms with E-state index in [0.29, 0.717) is 13.0 Å². The Morgan fingerprint density at radius 1 is 1.03 bits per heavy atom. The summed E-state index contributed by atoms with van der Waals surface area (Å²) in [5.41, 5.74) is 5.18. The van der Waals surface area contributed by atoms with Crippen LogP contribution in [0, 0.1) is 6.92 Å². The number of ether oxygens (including phenoxy) is 1. The van der Waals surface area contributed by atoms with E-state index in [-0.39, 0.29) is 11.9 Å². The third kappa shape index (κ3) is 6.69. The Kier molecular flexibility index (Phi) is 8.26. The summed E-state index contributed by atoms with van der Waals surface area (Å²) >= 11 is 0. The van der Waals surface area contributed by atoms with E-state index in [9.17, 15) is 4.79 Å². The Hall–Kier alpha value is -2.17. The van der Waals surface area contributed by atoms with Gasteiger partial charge in [0.25, 0.3) is 0 Å². The first-order valence-electron chi connectivity index (χ1n) is 10.9. The van der Waals surface area contributed by atoms with Gasteiger partial charge in [0.1, 0.15) is 0 Å². The highest BCUT2D eigenvalue weighted by Crippen LogP contribution is 2.22. The van der Waals surface area contributed by atoms with Gasteiger partial charge in [-0.25, -0.2) is 0 Å². The van der Waals surface area contributed by atoms with Gasteiger partial charge in [-0.1, -0.05) is 61.0 Å². The van der Waals surface area contributed by atoms with E-state index in [1.54, 1.807) is 0 Å². The third-order valence-corrected chi connectivity index (χ3v) is 5.74. The lowest BCUT2D eigenvalue weighted by atomic mass is 10.0. The number of nitrogens with zero attached hydrogens (tertiary/aromatic N) is 1. The predicted octanol–water partition coefficient (Wildman–Crippen LogP) is 4.07. The monoisotopic (exact) mass is 394 g/mol. The minimum atomic E-state index is 0.139. The maximum atomic E-state index is 12.5.